The fraction of sp³-hybridized carbons (Fsp3) is 1.00. The summed E-state index contributed by atoms with van der Waals surface area (Å²) in [4.78, 5) is 2.84. The second kappa shape index (κ2) is 3.36. The first kappa shape index (κ1) is 7.93. The zero-order valence-electron chi connectivity index (χ0n) is 7.32. The highest BCUT2D eigenvalue weighted by Crippen LogP contribution is 2.44. The Bertz CT molecular complexity index is 200. The van der Waals surface area contributed by atoms with Crippen molar-refractivity contribution in [3.05, 3.63) is 10.4 Å². The molecule has 1 atom stereocenters. The van der Waals surface area contributed by atoms with E-state index in [0.717, 1.165) is 18.4 Å². The Morgan fingerprint density at radius 1 is 1.25 bits per heavy atom. The molecule has 0 aromatic heterocycles. The molecule has 3 fully saturated rings. The van der Waals surface area contributed by atoms with E-state index in [2.05, 4.69) is 10.0 Å². The minimum Gasteiger partial charge on any atom is -0.0937 e. The summed E-state index contributed by atoms with van der Waals surface area (Å²) in [5.74, 6) is 2.54. The Balaban J connectivity index is 1.94. The molecule has 12 heavy (non-hydrogen) atoms. The first-order chi connectivity index (χ1) is 5.90. The van der Waals surface area contributed by atoms with Gasteiger partial charge in [0.25, 0.3) is 0 Å². The molecule has 0 aromatic rings. The molecule has 3 aliphatic rings. The van der Waals surface area contributed by atoms with Gasteiger partial charge in [-0.25, -0.2) is 0 Å². The predicted octanol–water partition coefficient (Wildman–Crippen LogP) is 3.12. The van der Waals surface area contributed by atoms with E-state index < -0.39 is 0 Å². The van der Waals surface area contributed by atoms with Crippen molar-refractivity contribution >= 4 is 0 Å². The third-order valence-electron chi connectivity index (χ3n) is 3.57. The highest BCUT2D eigenvalue weighted by Gasteiger charge is 2.34. The van der Waals surface area contributed by atoms with E-state index in [9.17, 15) is 0 Å². The molecule has 3 rings (SSSR count). The molecule has 0 radical (unpaired) electrons. The van der Waals surface area contributed by atoms with Gasteiger partial charge in [0.15, 0.2) is 0 Å². The first-order valence-corrected chi connectivity index (χ1v) is 4.91. The van der Waals surface area contributed by atoms with E-state index in [1.807, 2.05) is 0 Å². The summed E-state index contributed by atoms with van der Waals surface area (Å²) in [6.45, 7) is 0.748. The second-order valence-electron chi connectivity index (χ2n) is 4.19. The normalized spacial score (nSPS) is 39.2. The molecule has 0 amide bonds. The van der Waals surface area contributed by atoms with Crippen LogP contribution < -0.4 is 0 Å². The third-order valence-corrected chi connectivity index (χ3v) is 3.57. The van der Waals surface area contributed by atoms with Gasteiger partial charge in [-0.3, -0.25) is 0 Å². The number of nitrogens with zero attached hydrogens (tertiary/aromatic N) is 3. The SMILES string of the molecule is [N-]=[N+]=NCC1CC2CCC1CC2. The van der Waals surface area contributed by atoms with Crippen LogP contribution in [-0.2, 0) is 0 Å². The average Bonchev–Trinajstić information content (AvgIpc) is 2.17. The van der Waals surface area contributed by atoms with Crippen molar-refractivity contribution < 1.29 is 0 Å². The third kappa shape index (κ3) is 1.42. The second-order valence-corrected chi connectivity index (χ2v) is 4.19. The Morgan fingerprint density at radius 2 is 2.00 bits per heavy atom. The molecule has 3 saturated carbocycles. The van der Waals surface area contributed by atoms with Crippen molar-refractivity contribution in [3.63, 3.8) is 0 Å². The molecule has 0 aliphatic heterocycles. The summed E-state index contributed by atoms with van der Waals surface area (Å²) < 4.78 is 0. The number of rotatable bonds is 2. The van der Waals surface area contributed by atoms with Crippen LogP contribution in [0.2, 0.25) is 0 Å². The summed E-state index contributed by atoms with van der Waals surface area (Å²) in [6.07, 6.45) is 6.95. The van der Waals surface area contributed by atoms with Gasteiger partial charge in [0.05, 0.1) is 0 Å². The standard InChI is InChI=1S/C9H15N3/c10-12-11-6-9-5-7-1-3-8(9)4-2-7/h7-9H,1-6H2. The monoisotopic (exact) mass is 165 g/mol. The van der Waals surface area contributed by atoms with Crippen molar-refractivity contribution in [1.29, 1.82) is 0 Å². The van der Waals surface area contributed by atoms with Gasteiger partial charge in [-0.05, 0) is 42.5 Å². The Morgan fingerprint density at radius 3 is 2.50 bits per heavy atom. The molecule has 0 aromatic carbocycles. The molecule has 0 heterocycles. The molecule has 0 spiro atoms. The Labute approximate surface area is 72.8 Å². The molecule has 0 N–H and O–H groups in total. The summed E-state index contributed by atoms with van der Waals surface area (Å²) in [6, 6.07) is 0. The van der Waals surface area contributed by atoms with E-state index >= 15 is 0 Å². The molecule has 3 nitrogen and oxygen atoms in total. The van der Waals surface area contributed by atoms with Gasteiger partial charge in [-0.15, -0.1) is 0 Å². The van der Waals surface area contributed by atoms with Crippen LogP contribution >= 0.6 is 0 Å². The number of azide groups is 1. The predicted molar refractivity (Wildman–Crippen MR) is 47.6 cm³/mol. The molecular formula is C9H15N3. The highest BCUT2D eigenvalue weighted by molar-refractivity contribution is 4.87. The van der Waals surface area contributed by atoms with Crippen molar-refractivity contribution in [2.75, 3.05) is 6.54 Å². The lowest BCUT2D eigenvalue weighted by molar-refractivity contribution is 0.104. The fourth-order valence-electron chi connectivity index (χ4n) is 2.88. The van der Waals surface area contributed by atoms with Gasteiger partial charge in [-0.1, -0.05) is 18.0 Å². The van der Waals surface area contributed by atoms with Crippen LogP contribution in [0.15, 0.2) is 5.11 Å². The minimum absolute atomic E-state index is 0.716. The molecule has 0 saturated heterocycles. The maximum atomic E-state index is 8.23. The molecular weight excluding hydrogens is 150 g/mol. The number of fused-ring (bicyclic) bond motifs is 3. The minimum atomic E-state index is 0.716. The lowest BCUT2D eigenvalue weighted by Gasteiger charge is -2.41. The Hall–Kier alpha value is -0.690. The van der Waals surface area contributed by atoms with Crippen LogP contribution in [0.1, 0.15) is 32.1 Å². The summed E-state index contributed by atoms with van der Waals surface area (Å²) in [7, 11) is 0. The number of hydrogen-bond donors (Lipinski definition) is 0. The van der Waals surface area contributed by atoms with Gasteiger partial charge in [0.2, 0.25) is 0 Å². The van der Waals surface area contributed by atoms with Crippen molar-refractivity contribution in [2.45, 2.75) is 32.1 Å². The topological polar surface area (TPSA) is 48.8 Å². The van der Waals surface area contributed by atoms with E-state index in [1.54, 1.807) is 0 Å². The summed E-state index contributed by atoms with van der Waals surface area (Å²) in [5, 5.41) is 3.69. The van der Waals surface area contributed by atoms with E-state index in [0.29, 0.717) is 5.92 Å². The lowest BCUT2D eigenvalue weighted by atomic mass is 9.65. The zero-order valence-corrected chi connectivity index (χ0v) is 7.32. The average molecular weight is 165 g/mol. The quantitative estimate of drug-likeness (QED) is 0.343. The highest BCUT2D eigenvalue weighted by atomic mass is 15.1. The van der Waals surface area contributed by atoms with Crippen LogP contribution in [0.4, 0.5) is 0 Å². The summed E-state index contributed by atoms with van der Waals surface area (Å²) >= 11 is 0. The maximum Gasteiger partial charge on any atom is 0.0289 e. The van der Waals surface area contributed by atoms with Gasteiger partial charge < -0.3 is 0 Å². The molecule has 66 valence electrons. The van der Waals surface area contributed by atoms with E-state index in [4.69, 9.17) is 5.53 Å². The van der Waals surface area contributed by atoms with Crippen molar-refractivity contribution in [2.24, 2.45) is 22.9 Å². The maximum absolute atomic E-state index is 8.23. The van der Waals surface area contributed by atoms with Crippen molar-refractivity contribution in [1.82, 2.24) is 0 Å². The van der Waals surface area contributed by atoms with Gasteiger partial charge >= 0.3 is 0 Å². The molecule has 1 unspecified atom stereocenters. The first-order valence-electron chi connectivity index (χ1n) is 4.91. The number of hydrogen-bond acceptors (Lipinski definition) is 1. The zero-order chi connectivity index (χ0) is 8.39. The van der Waals surface area contributed by atoms with Crippen LogP contribution in [0.5, 0.6) is 0 Å². The van der Waals surface area contributed by atoms with Gasteiger partial charge in [0, 0.05) is 11.5 Å². The molecule has 2 bridgehead atoms. The van der Waals surface area contributed by atoms with E-state index in [-0.39, 0.29) is 0 Å². The van der Waals surface area contributed by atoms with Crippen molar-refractivity contribution in [3.8, 4) is 0 Å². The van der Waals surface area contributed by atoms with E-state index in [1.165, 1.54) is 32.1 Å². The van der Waals surface area contributed by atoms with Crippen LogP contribution in [0.3, 0.4) is 0 Å². The largest absolute Gasteiger partial charge is 0.0937 e. The van der Waals surface area contributed by atoms with Crippen LogP contribution in [0, 0.1) is 17.8 Å². The Kier molecular flexibility index (Phi) is 2.22. The van der Waals surface area contributed by atoms with Crippen LogP contribution in [-0.4, -0.2) is 6.54 Å². The van der Waals surface area contributed by atoms with Gasteiger partial charge in [0.1, 0.15) is 0 Å². The smallest absolute Gasteiger partial charge is 0.0289 e. The van der Waals surface area contributed by atoms with Crippen LogP contribution in [0.25, 0.3) is 10.4 Å². The summed E-state index contributed by atoms with van der Waals surface area (Å²) in [5.41, 5.74) is 8.23. The van der Waals surface area contributed by atoms with Gasteiger partial charge in [-0.2, -0.15) is 0 Å². The fourth-order valence-corrected chi connectivity index (χ4v) is 2.88. The molecule has 3 aliphatic carbocycles. The lowest BCUT2D eigenvalue weighted by Crippen LogP contribution is -2.32. The molecule has 3 heteroatoms.